The van der Waals surface area contributed by atoms with Gasteiger partial charge in [-0.3, -0.25) is 0 Å². The van der Waals surface area contributed by atoms with Gasteiger partial charge in [0.1, 0.15) is 5.75 Å². The number of hydrogen-bond donors (Lipinski definition) is 0. The molecule has 0 saturated heterocycles. The molecule has 0 bridgehead atoms. The van der Waals surface area contributed by atoms with Crippen LogP contribution in [0.1, 0.15) is 34.8 Å². The molecule has 0 aliphatic heterocycles. The van der Waals surface area contributed by atoms with Gasteiger partial charge >= 0.3 is 5.97 Å². The van der Waals surface area contributed by atoms with Crippen molar-refractivity contribution < 1.29 is 14.3 Å². The van der Waals surface area contributed by atoms with Crippen LogP contribution in [0, 0.1) is 0 Å². The van der Waals surface area contributed by atoms with Gasteiger partial charge in [0.25, 0.3) is 0 Å². The molecule has 3 nitrogen and oxygen atoms in total. The average molecular weight is 298 g/mol. The minimum atomic E-state index is -0.257. The van der Waals surface area contributed by atoms with Crippen molar-refractivity contribution in [2.75, 3.05) is 13.7 Å². The standard InChI is InChI=1S/C19H22O3/c1-3-22-19(20)17-11-7-15(8-12-17)5-4-6-16-9-13-18(21-2)14-10-16/h7-14H,3-6H2,1-2H3. The van der Waals surface area contributed by atoms with E-state index in [1.165, 1.54) is 11.1 Å². The van der Waals surface area contributed by atoms with E-state index < -0.39 is 0 Å². The van der Waals surface area contributed by atoms with E-state index in [0.29, 0.717) is 12.2 Å². The quantitative estimate of drug-likeness (QED) is 0.723. The molecule has 2 rings (SSSR count). The number of ether oxygens (including phenoxy) is 2. The molecule has 0 atom stereocenters. The molecule has 0 aliphatic carbocycles. The zero-order valence-corrected chi connectivity index (χ0v) is 13.2. The molecule has 0 unspecified atom stereocenters. The second kappa shape index (κ2) is 8.23. The molecule has 2 aromatic rings. The zero-order chi connectivity index (χ0) is 15.8. The van der Waals surface area contributed by atoms with Crippen molar-refractivity contribution in [2.24, 2.45) is 0 Å². The summed E-state index contributed by atoms with van der Waals surface area (Å²) in [6, 6.07) is 15.8. The summed E-state index contributed by atoms with van der Waals surface area (Å²) in [6.07, 6.45) is 3.10. The molecular formula is C19H22O3. The van der Waals surface area contributed by atoms with Crippen LogP contribution >= 0.6 is 0 Å². The monoisotopic (exact) mass is 298 g/mol. The maximum absolute atomic E-state index is 11.6. The van der Waals surface area contributed by atoms with E-state index in [2.05, 4.69) is 12.1 Å². The summed E-state index contributed by atoms with van der Waals surface area (Å²) in [4.78, 5) is 11.6. The molecule has 0 amide bonds. The van der Waals surface area contributed by atoms with Gasteiger partial charge in [-0.2, -0.15) is 0 Å². The lowest BCUT2D eigenvalue weighted by Crippen LogP contribution is -2.04. The van der Waals surface area contributed by atoms with Crippen LogP contribution in [0.4, 0.5) is 0 Å². The van der Waals surface area contributed by atoms with Gasteiger partial charge in [-0.15, -0.1) is 0 Å². The Morgan fingerprint density at radius 3 is 1.95 bits per heavy atom. The Balaban J connectivity index is 1.82. The number of carbonyl (C=O) groups is 1. The zero-order valence-electron chi connectivity index (χ0n) is 13.2. The van der Waals surface area contributed by atoms with Gasteiger partial charge in [0, 0.05) is 0 Å². The van der Waals surface area contributed by atoms with Gasteiger partial charge in [0.15, 0.2) is 0 Å². The predicted molar refractivity (Wildman–Crippen MR) is 87.4 cm³/mol. The molecule has 0 saturated carbocycles. The molecule has 22 heavy (non-hydrogen) atoms. The van der Waals surface area contributed by atoms with Crippen molar-refractivity contribution in [1.82, 2.24) is 0 Å². The fourth-order valence-corrected chi connectivity index (χ4v) is 2.31. The highest BCUT2D eigenvalue weighted by atomic mass is 16.5. The average Bonchev–Trinajstić information content (AvgIpc) is 2.56. The Morgan fingerprint density at radius 2 is 1.45 bits per heavy atom. The fourth-order valence-electron chi connectivity index (χ4n) is 2.31. The molecule has 116 valence electrons. The number of esters is 1. The lowest BCUT2D eigenvalue weighted by molar-refractivity contribution is 0.0526. The number of rotatable bonds is 7. The van der Waals surface area contributed by atoms with E-state index in [1.807, 2.05) is 43.3 Å². The van der Waals surface area contributed by atoms with Crippen LogP contribution in [0.3, 0.4) is 0 Å². The van der Waals surface area contributed by atoms with E-state index in [0.717, 1.165) is 25.0 Å². The molecule has 0 radical (unpaired) electrons. The van der Waals surface area contributed by atoms with E-state index in [1.54, 1.807) is 7.11 Å². The van der Waals surface area contributed by atoms with Crippen molar-refractivity contribution in [3.8, 4) is 5.75 Å². The molecule has 0 fully saturated rings. The third kappa shape index (κ3) is 4.62. The van der Waals surface area contributed by atoms with E-state index in [9.17, 15) is 4.79 Å². The molecule has 0 aromatic heterocycles. The summed E-state index contributed by atoms with van der Waals surface area (Å²) in [5.74, 6) is 0.630. The minimum absolute atomic E-state index is 0.257. The Labute approximate surface area is 131 Å². The molecule has 3 heteroatoms. The number of methoxy groups -OCH3 is 1. The highest BCUT2D eigenvalue weighted by Gasteiger charge is 2.05. The third-order valence-corrected chi connectivity index (χ3v) is 3.56. The third-order valence-electron chi connectivity index (χ3n) is 3.56. The van der Waals surface area contributed by atoms with Crippen LogP contribution in [-0.2, 0) is 17.6 Å². The Bertz CT molecular complexity index is 585. The van der Waals surface area contributed by atoms with Gasteiger partial charge in [-0.25, -0.2) is 4.79 Å². The van der Waals surface area contributed by atoms with Gasteiger partial charge in [-0.1, -0.05) is 24.3 Å². The Morgan fingerprint density at radius 1 is 0.909 bits per heavy atom. The molecular weight excluding hydrogens is 276 g/mol. The summed E-state index contributed by atoms with van der Waals surface area (Å²) in [5.41, 5.74) is 3.16. The SMILES string of the molecule is CCOC(=O)c1ccc(CCCc2ccc(OC)cc2)cc1. The van der Waals surface area contributed by atoms with Crippen LogP contribution in [0.5, 0.6) is 5.75 Å². The first kappa shape index (κ1) is 16.1. The Hall–Kier alpha value is -2.29. The van der Waals surface area contributed by atoms with Crippen LogP contribution in [-0.4, -0.2) is 19.7 Å². The lowest BCUT2D eigenvalue weighted by Gasteiger charge is -2.05. The lowest BCUT2D eigenvalue weighted by atomic mass is 10.0. The fraction of sp³-hybridized carbons (Fsp3) is 0.316. The van der Waals surface area contributed by atoms with E-state index >= 15 is 0 Å². The Kier molecular flexibility index (Phi) is 6.01. The van der Waals surface area contributed by atoms with Gasteiger partial charge in [0.05, 0.1) is 19.3 Å². The normalized spacial score (nSPS) is 10.3. The maximum Gasteiger partial charge on any atom is 0.338 e. The van der Waals surface area contributed by atoms with Gasteiger partial charge in [-0.05, 0) is 61.6 Å². The van der Waals surface area contributed by atoms with Crippen LogP contribution in [0.2, 0.25) is 0 Å². The largest absolute Gasteiger partial charge is 0.497 e. The predicted octanol–water partition coefficient (Wildman–Crippen LogP) is 4.05. The van der Waals surface area contributed by atoms with Crippen molar-refractivity contribution in [3.05, 3.63) is 65.2 Å². The molecule has 0 spiro atoms. The van der Waals surface area contributed by atoms with Crippen molar-refractivity contribution in [1.29, 1.82) is 0 Å². The smallest absolute Gasteiger partial charge is 0.338 e. The number of benzene rings is 2. The highest BCUT2D eigenvalue weighted by molar-refractivity contribution is 5.89. The van der Waals surface area contributed by atoms with Gasteiger partial charge in [0.2, 0.25) is 0 Å². The molecule has 0 heterocycles. The first-order valence-electron chi connectivity index (χ1n) is 7.62. The number of carbonyl (C=O) groups excluding carboxylic acids is 1. The summed E-state index contributed by atoms with van der Waals surface area (Å²) in [5, 5.41) is 0. The van der Waals surface area contributed by atoms with Crippen LogP contribution in [0.15, 0.2) is 48.5 Å². The second-order valence-corrected chi connectivity index (χ2v) is 5.12. The first-order valence-corrected chi connectivity index (χ1v) is 7.62. The second-order valence-electron chi connectivity index (χ2n) is 5.12. The molecule has 0 aliphatic rings. The van der Waals surface area contributed by atoms with Crippen LogP contribution < -0.4 is 4.74 Å². The van der Waals surface area contributed by atoms with E-state index in [4.69, 9.17) is 9.47 Å². The first-order chi connectivity index (χ1) is 10.7. The summed E-state index contributed by atoms with van der Waals surface area (Å²) >= 11 is 0. The minimum Gasteiger partial charge on any atom is -0.497 e. The highest BCUT2D eigenvalue weighted by Crippen LogP contribution is 2.14. The summed E-state index contributed by atoms with van der Waals surface area (Å²) in [7, 11) is 1.68. The topological polar surface area (TPSA) is 35.5 Å². The summed E-state index contributed by atoms with van der Waals surface area (Å²) < 4.78 is 10.1. The van der Waals surface area contributed by atoms with Crippen molar-refractivity contribution in [2.45, 2.75) is 26.2 Å². The summed E-state index contributed by atoms with van der Waals surface area (Å²) in [6.45, 7) is 2.22. The molecule has 2 aromatic carbocycles. The number of hydrogen-bond acceptors (Lipinski definition) is 3. The number of aryl methyl sites for hydroxylation is 2. The van der Waals surface area contributed by atoms with Crippen molar-refractivity contribution in [3.63, 3.8) is 0 Å². The van der Waals surface area contributed by atoms with Crippen molar-refractivity contribution >= 4 is 5.97 Å². The van der Waals surface area contributed by atoms with E-state index in [-0.39, 0.29) is 5.97 Å². The van der Waals surface area contributed by atoms with Crippen LogP contribution in [0.25, 0.3) is 0 Å². The molecule has 0 N–H and O–H groups in total. The maximum atomic E-state index is 11.6. The van der Waals surface area contributed by atoms with Gasteiger partial charge < -0.3 is 9.47 Å².